The van der Waals surface area contributed by atoms with Gasteiger partial charge in [-0.3, -0.25) is 4.79 Å². The second-order valence-corrected chi connectivity index (χ2v) is 6.60. The number of benzene rings is 1. The van der Waals surface area contributed by atoms with Crippen molar-refractivity contribution in [3.05, 3.63) is 29.8 Å². The van der Waals surface area contributed by atoms with E-state index in [9.17, 15) is 9.59 Å². The number of tetrazole rings is 1. The molecule has 0 atom stereocenters. The van der Waals surface area contributed by atoms with Gasteiger partial charge >= 0.3 is 6.09 Å². The number of hydrogen-bond acceptors (Lipinski definition) is 6. The molecule has 9 nitrogen and oxygen atoms in total. The number of nitrogens with zero attached hydrogens (tertiary/aromatic N) is 6. The third-order valence-corrected chi connectivity index (χ3v) is 4.44. The molecule has 1 aromatic carbocycles. The fourth-order valence-corrected chi connectivity index (χ4v) is 3.01. The summed E-state index contributed by atoms with van der Waals surface area (Å²) in [5, 5.41) is 11.8. The molecule has 27 heavy (non-hydrogen) atoms. The van der Waals surface area contributed by atoms with E-state index in [-0.39, 0.29) is 18.0 Å². The van der Waals surface area contributed by atoms with E-state index < -0.39 is 0 Å². The van der Waals surface area contributed by atoms with Crippen LogP contribution in [0.1, 0.15) is 37.2 Å². The van der Waals surface area contributed by atoms with E-state index >= 15 is 0 Å². The fraction of sp³-hybridized carbons (Fsp3) is 0.500. The summed E-state index contributed by atoms with van der Waals surface area (Å²) in [5.74, 6) is 0.565. The van der Waals surface area contributed by atoms with Crippen LogP contribution in [0.4, 0.5) is 4.79 Å². The lowest BCUT2D eigenvalue weighted by atomic mass is 10.1. The van der Waals surface area contributed by atoms with Crippen LogP contribution in [0.2, 0.25) is 0 Å². The molecule has 1 saturated heterocycles. The maximum absolute atomic E-state index is 12.9. The quantitative estimate of drug-likeness (QED) is 0.813. The predicted molar refractivity (Wildman–Crippen MR) is 98.1 cm³/mol. The van der Waals surface area contributed by atoms with Crippen LogP contribution >= 0.6 is 0 Å². The minimum absolute atomic E-state index is 0.0658. The van der Waals surface area contributed by atoms with Gasteiger partial charge in [-0.05, 0) is 43.3 Å². The van der Waals surface area contributed by atoms with Crippen molar-refractivity contribution in [3.8, 4) is 11.4 Å². The minimum Gasteiger partial charge on any atom is -0.450 e. The summed E-state index contributed by atoms with van der Waals surface area (Å²) in [4.78, 5) is 28.0. The van der Waals surface area contributed by atoms with Gasteiger partial charge in [0, 0.05) is 37.3 Å². The molecule has 0 aliphatic carbocycles. The second kappa shape index (κ2) is 8.15. The highest BCUT2D eigenvalue weighted by Crippen LogP contribution is 2.21. The number of hydrogen-bond donors (Lipinski definition) is 0. The van der Waals surface area contributed by atoms with Crippen molar-refractivity contribution in [1.82, 2.24) is 30.0 Å². The summed E-state index contributed by atoms with van der Waals surface area (Å²) in [6.07, 6.45) is -0.327. The third kappa shape index (κ3) is 4.07. The molecule has 3 rings (SSSR count). The average Bonchev–Trinajstić information content (AvgIpc) is 3.18. The first-order valence-corrected chi connectivity index (χ1v) is 9.10. The first-order valence-electron chi connectivity index (χ1n) is 9.10. The first-order chi connectivity index (χ1) is 13.0. The van der Waals surface area contributed by atoms with Crippen LogP contribution in [0.15, 0.2) is 24.3 Å². The van der Waals surface area contributed by atoms with E-state index in [1.54, 1.807) is 27.5 Å². The maximum Gasteiger partial charge on any atom is 0.409 e. The van der Waals surface area contributed by atoms with Crippen LogP contribution in [-0.2, 0) is 4.74 Å². The lowest BCUT2D eigenvalue weighted by molar-refractivity contribution is 0.0570. The average molecular weight is 372 g/mol. The Morgan fingerprint density at radius 2 is 1.85 bits per heavy atom. The molecule has 144 valence electrons. The summed E-state index contributed by atoms with van der Waals surface area (Å²) >= 11 is 0. The van der Waals surface area contributed by atoms with E-state index in [0.29, 0.717) is 44.2 Å². The van der Waals surface area contributed by atoms with Crippen molar-refractivity contribution in [2.45, 2.75) is 26.8 Å². The van der Waals surface area contributed by atoms with Crippen LogP contribution in [0.25, 0.3) is 11.4 Å². The molecule has 0 unspecified atom stereocenters. The topological polar surface area (TPSA) is 93.4 Å². The number of carbonyl (C=O) groups excluding carboxylic acids is 2. The molecule has 1 aromatic heterocycles. The van der Waals surface area contributed by atoms with E-state index in [2.05, 4.69) is 15.5 Å². The molecule has 9 heteroatoms. The van der Waals surface area contributed by atoms with Crippen LogP contribution in [-0.4, -0.2) is 74.8 Å². The lowest BCUT2D eigenvalue weighted by Crippen LogP contribution is -2.50. The molecule has 1 aliphatic rings. The van der Waals surface area contributed by atoms with Crippen LogP contribution in [0.3, 0.4) is 0 Å². The molecule has 2 aromatic rings. The van der Waals surface area contributed by atoms with Gasteiger partial charge < -0.3 is 14.5 Å². The molecule has 1 fully saturated rings. The highest BCUT2D eigenvalue weighted by molar-refractivity contribution is 5.95. The van der Waals surface area contributed by atoms with Gasteiger partial charge in [-0.1, -0.05) is 12.1 Å². The van der Waals surface area contributed by atoms with Crippen molar-refractivity contribution < 1.29 is 14.3 Å². The zero-order valence-corrected chi connectivity index (χ0v) is 15.8. The molecule has 0 spiro atoms. The number of piperazine rings is 1. The summed E-state index contributed by atoms with van der Waals surface area (Å²) in [6, 6.07) is 7.43. The second-order valence-electron chi connectivity index (χ2n) is 6.60. The van der Waals surface area contributed by atoms with Crippen molar-refractivity contribution in [2.75, 3.05) is 32.8 Å². The molecule has 0 N–H and O–H groups in total. The van der Waals surface area contributed by atoms with Gasteiger partial charge in [0.15, 0.2) is 5.82 Å². The summed E-state index contributed by atoms with van der Waals surface area (Å²) in [5.41, 5.74) is 1.38. The molecular formula is C18H24N6O3. The van der Waals surface area contributed by atoms with Crippen LogP contribution in [0, 0.1) is 0 Å². The fourth-order valence-electron chi connectivity index (χ4n) is 3.01. The van der Waals surface area contributed by atoms with Gasteiger partial charge in [-0.2, -0.15) is 0 Å². The number of aromatic nitrogens is 4. The van der Waals surface area contributed by atoms with Gasteiger partial charge in [0.1, 0.15) is 0 Å². The normalized spacial score (nSPS) is 14.5. The Morgan fingerprint density at radius 1 is 1.15 bits per heavy atom. The van der Waals surface area contributed by atoms with Gasteiger partial charge in [0.05, 0.1) is 12.6 Å². The molecule has 0 saturated carbocycles. The largest absolute Gasteiger partial charge is 0.450 e. The van der Waals surface area contributed by atoms with Crippen LogP contribution in [0.5, 0.6) is 0 Å². The Hall–Kier alpha value is -2.97. The van der Waals surface area contributed by atoms with Crippen molar-refractivity contribution in [1.29, 1.82) is 0 Å². The van der Waals surface area contributed by atoms with Crippen LogP contribution < -0.4 is 0 Å². The van der Waals surface area contributed by atoms with Gasteiger partial charge in [-0.25, -0.2) is 9.48 Å². The van der Waals surface area contributed by atoms with Gasteiger partial charge in [0.2, 0.25) is 0 Å². The molecule has 0 bridgehead atoms. The molecule has 2 heterocycles. The molecular weight excluding hydrogens is 348 g/mol. The standard InChI is InChI=1S/C18H24N6O3/c1-4-27-18(26)23-10-8-22(9-11-23)17(25)15-7-5-6-14(12-15)16-19-20-21-24(16)13(2)3/h5-7,12-13H,4,8-11H2,1-3H3. The Labute approximate surface area is 157 Å². The van der Waals surface area contributed by atoms with Gasteiger partial charge in [-0.15, -0.1) is 5.10 Å². The highest BCUT2D eigenvalue weighted by Gasteiger charge is 2.26. The van der Waals surface area contributed by atoms with Gasteiger partial charge in [0.25, 0.3) is 5.91 Å². The number of carbonyl (C=O) groups is 2. The Bertz CT molecular complexity index is 811. The summed E-state index contributed by atoms with van der Waals surface area (Å²) in [7, 11) is 0. The number of ether oxygens (including phenoxy) is 1. The molecule has 1 aliphatic heterocycles. The zero-order chi connectivity index (χ0) is 19.4. The number of amides is 2. The molecule has 0 radical (unpaired) electrons. The smallest absolute Gasteiger partial charge is 0.409 e. The molecule has 2 amide bonds. The monoisotopic (exact) mass is 372 g/mol. The lowest BCUT2D eigenvalue weighted by Gasteiger charge is -2.34. The third-order valence-electron chi connectivity index (χ3n) is 4.44. The maximum atomic E-state index is 12.9. The van der Waals surface area contributed by atoms with Crippen molar-refractivity contribution in [3.63, 3.8) is 0 Å². The van der Waals surface area contributed by atoms with E-state index in [4.69, 9.17) is 4.74 Å². The Morgan fingerprint density at radius 3 is 2.52 bits per heavy atom. The number of rotatable bonds is 4. The summed E-state index contributed by atoms with van der Waals surface area (Å²) in [6.45, 7) is 8.01. The first kappa shape index (κ1) is 18.8. The van der Waals surface area contributed by atoms with E-state index in [1.807, 2.05) is 32.0 Å². The van der Waals surface area contributed by atoms with E-state index in [1.165, 1.54) is 0 Å². The van der Waals surface area contributed by atoms with Crippen molar-refractivity contribution >= 4 is 12.0 Å². The predicted octanol–water partition coefficient (Wildman–Crippen LogP) is 1.84. The van der Waals surface area contributed by atoms with E-state index in [0.717, 1.165) is 5.56 Å². The minimum atomic E-state index is -0.327. The Balaban J connectivity index is 1.71. The Kier molecular flexibility index (Phi) is 5.68. The SMILES string of the molecule is CCOC(=O)N1CCN(C(=O)c2cccc(-c3nnnn3C(C)C)c2)CC1. The van der Waals surface area contributed by atoms with Crippen molar-refractivity contribution in [2.24, 2.45) is 0 Å². The summed E-state index contributed by atoms with van der Waals surface area (Å²) < 4.78 is 6.74. The zero-order valence-electron chi connectivity index (χ0n) is 15.8. The highest BCUT2D eigenvalue weighted by atomic mass is 16.6.